The minimum Gasteiger partial charge on any atom is -0.435 e. The van der Waals surface area contributed by atoms with E-state index in [-0.39, 0.29) is 0 Å². The maximum atomic E-state index is 5.81. The molecule has 6 rings (SSSR count). The number of hydrogen-bond acceptors (Lipinski definition) is 5. The van der Waals surface area contributed by atoms with Crippen molar-refractivity contribution in [2.45, 2.75) is 6.92 Å². The summed E-state index contributed by atoms with van der Waals surface area (Å²) in [5.41, 5.74) is 4.98. The van der Waals surface area contributed by atoms with Crippen molar-refractivity contribution in [3.8, 4) is 23.0 Å². The maximum absolute atomic E-state index is 5.81. The van der Waals surface area contributed by atoms with E-state index in [0.29, 0.717) is 17.4 Å². The molecule has 0 fully saturated rings. The molecule has 0 N–H and O–H groups in total. The monoisotopic (exact) mass is 388 g/mol. The molecule has 5 heteroatoms. The Morgan fingerprint density at radius 1 is 0.733 bits per heavy atom. The third-order valence-electron chi connectivity index (χ3n) is 5.30. The van der Waals surface area contributed by atoms with Gasteiger partial charge in [-0.25, -0.2) is 15.0 Å². The average molecular weight is 388 g/mol. The SMILES string of the molecule is Cc1nc(-c2ccc(-c3nc4ccccc4o3)nc2)nc2ccc3ccccc3c12. The standard InChI is InChI=1S/C25H16N4O/c1-15-23-18-7-3-2-6-16(18)10-12-20(23)28-24(27-15)17-11-13-21(26-14-17)25-29-19-8-4-5-9-22(19)30-25/h2-14H,1H3. The Balaban J connectivity index is 1.43. The Labute approximate surface area is 172 Å². The van der Waals surface area contributed by atoms with Gasteiger partial charge in [0.05, 0.1) is 5.52 Å². The van der Waals surface area contributed by atoms with Crippen LogP contribution in [-0.2, 0) is 0 Å². The van der Waals surface area contributed by atoms with Gasteiger partial charge in [0.1, 0.15) is 11.2 Å². The fourth-order valence-corrected chi connectivity index (χ4v) is 3.85. The predicted molar refractivity (Wildman–Crippen MR) is 118 cm³/mol. The summed E-state index contributed by atoms with van der Waals surface area (Å²) in [5, 5.41) is 3.45. The molecule has 3 heterocycles. The highest BCUT2D eigenvalue weighted by atomic mass is 16.3. The van der Waals surface area contributed by atoms with Gasteiger partial charge in [0, 0.05) is 22.8 Å². The second kappa shape index (κ2) is 6.46. The first-order valence-electron chi connectivity index (χ1n) is 9.75. The Hall–Kier alpha value is -4.12. The lowest BCUT2D eigenvalue weighted by molar-refractivity contribution is 0.617. The summed E-state index contributed by atoms with van der Waals surface area (Å²) >= 11 is 0. The minimum atomic E-state index is 0.504. The molecule has 0 saturated heterocycles. The van der Waals surface area contributed by atoms with Crippen LogP contribution in [0.4, 0.5) is 0 Å². The second-order valence-corrected chi connectivity index (χ2v) is 7.23. The zero-order valence-corrected chi connectivity index (χ0v) is 16.2. The highest BCUT2D eigenvalue weighted by molar-refractivity contribution is 6.07. The van der Waals surface area contributed by atoms with E-state index in [0.717, 1.165) is 33.3 Å². The smallest absolute Gasteiger partial charge is 0.246 e. The van der Waals surface area contributed by atoms with E-state index in [1.807, 2.05) is 55.5 Å². The number of para-hydroxylation sites is 2. The van der Waals surface area contributed by atoms with Crippen molar-refractivity contribution in [1.82, 2.24) is 19.9 Å². The normalized spacial score (nSPS) is 11.5. The Kier molecular flexibility index (Phi) is 3.62. The zero-order valence-electron chi connectivity index (χ0n) is 16.2. The number of oxazole rings is 1. The molecule has 0 radical (unpaired) electrons. The van der Waals surface area contributed by atoms with Gasteiger partial charge in [0.25, 0.3) is 0 Å². The van der Waals surface area contributed by atoms with Crippen LogP contribution >= 0.6 is 0 Å². The van der Waals surface area contributed by atoms with Gasteiger partial charge in [-0.15, -0.1) is 0 Å². The van der Waals surface area contributed by atoms with Crippen LogP contribution in [0.3, 0.4) is 0 Å². The molecule has 142 valence electrons. The van der Waals surface area contributed by atoms with Crippen LogP contribution < -0.4 is 0 Å². The Morgan fingerprint density at radius 3 is 2.47 bits per heavy atom. The number of nitrogens with zero attached hydrogens (tertiary/aromatic N) is 4. The summed E-state index contributed by atoms with van der Waals surface area (Å²) in [5.74, 6) is 1.16. The topological polar surface area (TPSA) is 64.7 Å². The average Bonchev–Trinajstić information content (AvgIpc) is 3.23. The molecule has 0 spiro atoms. The summed E-state index contributed by atoms with van der Waals surface area (Å²) < 4.78 is 5.81. The molecule has 0 bridgehead atoms. The summed E-state index contributed by atoms with van der Waals surface area (Å²) in [6.45, 7) is 2.03. The molecular formula is C25H16N4O. The van der Waals surface area contributed by atoms with E-state index in [9.17, 15) is 0 Å². The van der Waals surface area contributed by atoms with Crippen molar-refractivity contribution >= 4 is 32.8 Å². The molecule has 30 heavy (non-hydrogen) atoms. The number of hydrogen-bond donors (Lipinski definition) is 0. The molecule has 0 aliphatic carbocycles. The van der Waals surface area contributed by atoms with Gasteiger partial charge in [-0.3, -0.25) is 4.98 Å². The Morgan fingerprint density at radius 2 is 1.60 bits per heavy atom. The van der Waals surface area contributed by atoms with Crippen molar-refractivity contribution in [3.63, 3.8) is 0 Å². The Bertz CT molecular complexity index is 1520. The summed E-state index contributed by atoms with van der Waals surface area (Å²) in [7, 11) is 0. The summed E-state index contributed by atoms with van der Waals surface area (Å²) in [6.07, 6.45) is 1.77. The highest BCUT2D eigenvalue weighted by Gasteiger charge is 2.12. The quantitative estimate of drug-likeness (QED) is 0.342. The molecule has 0 aliphatic rings. The number of aromatic nitrogens is 4. The highest BCUT2D eigenvalue weighted by Crippen LogP contribution is 2.29. The number of aryl methyl sites for hydroxylation is 1. The van der Waals surface area contributed by atoms with E-state index in [4.69, 9.17) is 14.4 Å². The molecule has 0 saturated carbocycles. The third-order valence-corrected chi connectivity index (χ3v) is 5.30. The molecule has 0 atom stereocenters. The third kappa shape index (κ3) is 2.63. The molecule has 5 nitrogen and oxygen atoms in total. The first kappa shape index (κ1) is 16.8. The van der Waals surface area contributed by atoms with Crippen molar-refractivity contribution in [1.29, 1.82) is 0 Å². The fourth-order valence-electron chi connectivity index (χ4n) is 3.85. The lowest BCUT2D eigenvalue weighted by Crippen LogP contribution is -1.96. The van der Waals surface area contributed by atoms with E-state index in [2.05, 4.69) is 34.2 Å². The van der Waals surface area contributed by atoms with E-state index >= 15 is 0 Å². The van der Waals surface area contributed by atoms with Gasteiger partial charge >= 0.3 is 0 Å². The van der Waals surface area contributed by atoms with Gasteiger partial charge in [0.15, 0.2) is 11.4 Å². The van der Waals surface area contributed by atoms with Crippen molar-refractivity contribution in [2.24, 2.45) is 0 Å². The van der Waals surface area contributed by atoms with Gasteiger partial charge < -0.3 is 4.42 Å². The van der Waals surface area contributed by atoms with Crippen LogP contribution in [0.5, 0.6) is 0 Å². The van der Waals surface area contributed by atoms with E-state index in [1.54, 1.807) is 6.20 Å². The lowest BCUT2D eigenvalue weighted by atomic mass is 10.0. The number of fused-ring (bicyclic) bond motifs is 4. The second-order valence-electron chi connectivity index (χ2n) is 7.23. The van der Waals surface area contributed by atoms with Crippen LogP contribution in [0.25, 0.3) is 55.7 Å². The first-order valence-corrected chi connectivity index (χ1v) is 9.75. The van der Waals surface area contributed by atoms with Crippen LogP contribution in [0, 0.1) is 6.92 Å². The first-order chi connectivity index (χ1) is 14.8. The number of benzene rings is 3. The maximum Gasteiger partial charge on any atom is 0.246 e. The largest absolute Gasteiger partial charge is 0.435 e. The van der Waals surface area contributed by atoms with Crippen molar-refractivity contribution in [3.05, 3.63) is 84.7 Å². The summed E-state index contributed by atoms with van der Waals surface area (Å²) in [6, 6.07) is 24.0. The van der Waals surface area contributed by atoms with Crippen LogP contribution in [0.15, 0.2) is 83.4 Å². The van der Waals surface area contributed by atoms with Gasteiger partial charge in [0.2, 0.25) is 5.89 Å². The lowest BCUT2D eigenvalue weighted by Gasteiger charge is -2.09. The van der Waals surface area contributed by atoms with E-state index < -0.39 is 0 Å². The number of rotatable bonds is 2. The molecular weight excluding hydrogens is 372 g/mol. The zero-order chi connectivity index (χ0) is 20.1. The summed E-state index contributed by atoms with van der Waals surface area (Å²) in [4.78, 5) is 18.6. The van der Waals surface area contributed by atoms with Crippen LogP contribution in [0.2, 0.25) is 0 Å². The predicted octanol–water partition coefficient (Wildman–Crippen LogP) is 5.96. The molecule has 6 aromatic rings. The van der Waals surface area contributed by atoms with Gasteiger partial charge in [-0.2, -0.15) is 0 Å². The van der Waals surface area contributed by atoms with E-state index in [1.165, 1.54) is 10.8 Å². The van der Waals surface area contributed by atoms with Gasteiger partial charge in [-0.1, -0.05) is 42.5 Å². The molecule has 3 aromatic heterocycles. The van der Waals surface area contributed by atoms with Crippen LogP contribution in [0.1, 0.15) is 5.69 Å². The molecule has 0 amide bonds. The number of pyridine rings is 1. The molecule has 3 aromatic carbocycles. The molecule has 0 unspecified atom stereocenters. The molecule has 0 aliphatic heterocycles. The van der Waals surface area contributed by atoms with Crippen molar-refractivity contribution < 1.29 is 4.42 Å². The van der Waals surface area contributed by atoms with Gasteiger partial charge in [-0.05, 0) is 48.0 Å². The minimum absolute atomic E-state index is 0.504. The van der Waals surface area contributed by atoms with Crippen molar-refractivity contribution in [2.75, 3.05) is 0 Å². The fraction of sp³-hybridized carbons (Fsp3) is 0.0400. The van der Waals surface area contributed by atoms with Crippen LogP contribution in [-0.4, -0.2) is 19.9 Å².